The molecular weight excluding hydrogens is 377 g/mol. The van der Waals surface area contributed by atoms with Gasteiger partial charge in [-0.15, -0.1) is 0 Å². The van der Waals surface area contributed by atoms with Crippen molar-refractivity contribution in [1.82, 2.24) is 4.90 Å². The summed E-state index contributed by atoms with van der Waals surface area (Å²) in [5, 5.41) is 2.66. The smallest absolute Gasteiger partial charge is 0.233 e. The maximum Gasteiger partial charge on any atom is 0.233 e. The van der Waals surface area contributed by atoms with E-state index in [0.717, 1.165) is 25.7 Å². The highest BCUT2D eigenvalue weighted by molar-refractivity contribution is 6.05. The van der Waals surface area contributed by atoms with Crippen LogP contribution >= 0.6 is 0 Å². The molecule has 8 heteroatoms. The summed E-state index contributed by atoms with van der Waals surface area (Å²) in [5.41, 5.74) is 0.847. The Hall–Kier alpha value is -2.48. The second kappa shape index (κ2) is 8.49. The van der Waals surface area contributed by atoms with Crippen LogP contribution in [0.2, 0.25) is 0 Å². The summed E-state index contributed by atoms with van der Waals surface area (Å²) in [6.45, 7) is 2.46. The zero-order valence-corrected chi connectivity index (χ0v) is 16.4. The van der Waals surface area contributed by atoms with Crippen LogP contribution in [0, 0.1) is 17.7 Å². The fourth-order valence-electron chi connectivity index (χ4n) is 4.53. The van der Waals surface area contributed by atoms with E-state index in [1.165, 1.54) is 11.0 Å². The first-order valence-corrected chi connectivity index (χ1v) is 10.3. The summed E-state index contributed by atoms with van der Waals surface area (Å²) in [4.78, 5) is 40.4. The lowest BCUT2D eigenvalue weighted by Crippen LogP contribution is -2.36. The average molecular weight is 403 g/mol. The molecule has 0 aromatic heterocycles. The van der Waals surface area contributed by atoms with E-state index in [0.29, 0.717) is 37.7 Å². The summed E-state index contributed by atoms with van der Waals surface area (Å²) < 4.78 is 19.7. The van der Waals surface area contributed by atoms with Gasteiger partial charge in [-0.05, 0) is 31.0 Å². The Balaban J connectivity index is 1.32. The van der Waals surface area contributed by atoms with Crippen LogP contribution in [0.3, 0.4) is 0 Å². The fourth-order valence-corrected chi connectivity index (χ4v) is 4.53. The van der Waals surface area contributed by atoms with Crippen LogP contribution in [0.5, 0.6) is 0 Å². The van der Waals surface area contributed by atoms with E-state index < -0.39 is 5.82 Å². The van der Waals surface area contributed by atoms with Crippen molar-refractivity contribution in [2.45, 2.75) is 32.1 Å². The van der Waals surface area contributed by atoms with Gasteiger partial charge >= 0.3 is 0 Å². The third-order valence-electron chi connectivity index (χ3n) is 6.08. The van der Waals surface area contributed by atoms with Crippen molar-refractivity contribution >= 4 is 29.1 Å². The summed E-state index contributed by atoms with van der Waals surface area (Å²) in [7, 11) is 0. The Kier molecular flexibility index (Phi) is 5.80. The number of likely N-dealkylation sites (tertiary alicyclic amines) is 1. The number of halogens is 1. The van der Waals surface area contributed by atoms with Gasteiger partial charge in [0.15, 0.2) is 0 Å². The molecule has 29 heavy (non-hydrogen) atoms. The predicted octanol–water partition coefficient (Wildman–Crippen LogP) is 2.17. The minimum Gasteiger partial charge on any atom is -0.378 e. The van der Waals surface area contributed by atoms with Gasteiger partial charge in [0.2, 0.25) is 17.7 Å². The van der Waals surface area contributed by atoms with Gasteiger partial charge < -0.3 is 15.0 Å². The van der Waals surface area contributed by atoms with Crippen molar-refractivity contribution in [3.63, 3.8) is 0 Å². The lowest BCUT2D eigenvalue weighted by Gasteiger charge is -2.29. The van der Waals surface area contributed by atoms with Gasteiger partial charge in [-0.25, -0.2) is 4.39 Å². The average Bonchev–Trinajstić information content (AvgIpc) is 2.97. The number of benzene rings is 1. The lowest BCUT2D eigenvalue weighted by molar-refractivity contribution is -0.140. The van der Waals surface area contributed by atoms with Crippen LogP contribution in [-0.2, 0) is 19.1 Å². The first kappa shape index (κ1) is 19.8. The third-order valence-corrected chi connectivity index (χ3v) is 6.08. The number of amides is 3. The Labute approximate surface area is 169 Å². The van der Waals surface area contributed by atoms with Gasteiger partial charge in [0.05, 0.1) is 30.7 Å². The third kappa shape index (κ3) is 4.12. The topological polar surface area (TPSA) is 79.0 Å². The molecule has 156 valence electrons. The Morgan fingerprint density at radius 2 is 1.76 bits per heavy atom. The molecule has 2 atom stereocenters. The Morgan fingerprint density at radius 1 is 1.10 bits per heavy atom. The summed E-state index contributed by atoms with van der Waals surface area (Å²) in [6.07, 6.45) is 3.46. The molecule has 0 bridgehead atoms. The number of carbonyl (C=O) groups is 3. The number of fused-ring (bicyclic) bond motifs is 1. The number of nitrogens with zero attached hydrogens (tertiary/aromatic N) is 2. The zero-order valence-electron chi connectivity index (χ0n) is 16.4. The minimum atomic E-state index is -0.404. The van der Waals surface area contributed by atoms with Gasteiger partial charge in [-0.1, -0.05) is 12.8 Å². The molecule has 7 nitrogen and oxygen atoms in total. The number of morpholine rings is 1. The number of hydrogen-bond donors (Lipinski definition) is 1. The largest absolute Gasteiger partial charge is 0.378 e. The molecule has 4 rings (SSSR count). The summed E-state index contributed by atoms with van der Waals surface area (Å²) in [6, 6.07) is 4.60. The SMILES string of the molecule is O=C(CCN1C(=O)C2CCCCC2C1=O)Nc1ccc(N2CCOCC2)c(F)c1. The molecule has 0 spiro atoms. The van der Waals surface area contributed by atoms with E-state index in [4.69, 9.17) is 4.74 Å². The number of rotatable bonds is 5. The summed E-state index contributed by atoms with van der Waals surface area (Å²) >= 11 is 0. The van der Waals surface area contributed by atoms with E-state index in [1.807, 2.05) is 4.90 Å². The number of imide groups is 1. The van der Waals surface area contributed by atoms with Crippen LogP contribution in [0.4, 0.5) is 15.8 Å². The highest BCUT2D eigenvalue weighted by Gasteiger charge is 2.47. The first-order valence-electron chi connectivity index (χ1n) is 10.3. The van der Waals surface area contributed by atoms with Crippen molar-refractivity contribution in [3.8, 4) is 0 Å². The quantitative estimate of drug-likeness (QED) is 0.763. The van der Waals surface area contributed by atoms with Crippen molar-refractivity contribution in [2.24, 2.45) is 11.8 Å². The van der Waals surface area contributed by atoms with Gasteiger partial charge in [0.25, 0.3) is 0 Å². The minimum absolute atomic E-state index is 0.00372. The summed E-state index contributed by atoms with van der Waals surface area (Å²) in [5.74, 6) is -1.46. The van der Waals surface area contributed by atoms with Crippen LogP contribution in [-0.4, -0.2) is 55.5 Å². The second-order valence-electron chi connectivity index (χ2n) is 7.89. The molecule has 2 heterocycles. The molecule has 3 amide bonds. The standard InChI is InChI=1S/C21H26FN3O4/c22-17-13-14(5-6-18(17)24-9-11-29-12-10-24)23-19(26)7-8-25-20(27)15-3-1-2-4-16(15)21(25)28/h5-6,13,15-16H,1-4,7-12H2,(H,23,26). The molecule has 2 saturated heterocycles. The van der Waals surface area contributed by atoms with E-state index in [1.54, 1.807) is 12.1 Å². The predicted molar refractivity (Wildman–Crippen MR) is 105 cm³/mol. The maximum atomic E-state index is 14.5. The molecule has 1 aliphatic carbocycles. The molecule has 1 aromatic carbocycles. The molecule has 1 aromatic rings. The van der Waals surface area contributed by atoms with Crippen molar-refractivity contribution in [1.29, 1.82) is 0 Å². The first-order chi connectivity index (χ1) is 14.0. The van der Waals surface area contributed by atoms with Gasteiger partial charge in [-0.2, -0.15) is 0 Å². The molecule has 2 unspecified atom stereocenters. The van der Waals surface area contributed by atoms with Crippen LogP contribution < -0.4 is 10.2 Å². The van der Waals surface area contributed by atoms with Crippen molar-refractivity contribution in [3.05, 3.63) is 24.0 Å². The monoisotopic (exact) mass is 403 g/mol. The normalized spacial score (nSPS) is 24.6. The van der Waals surface area contributed by atoms with Crippen LogP contribution in [0.1, 0.15) is 32.1 Å². The lowest BCUT2D eigenvalue weighted by atomic mass is 9.81. The molecule has 0 radical (unpaired) electrons. The van der Waals surface area contributed by atoms with Gasteiger partial charge in [0, 0.05) is 31.7 Å². The van der Waals surface area contributed by atoms with E-state index >= 15 is 0 Å². The second-order valence-corrected chi connectivity index (χ2v) is 7.89. The molecular formula is C21H26FN3O4. The molecule has 1 N–H and O–H groups in total. The van der Waals surface area contributed by atoms with Gasteiger partial charge in [0.1, 0.15) is 5.82 Å². The number of hydrogen-bond acceptors (Lipinski definition) is 5. The molecule has 2 aliphatic heterocycles. The van der Waals surface area contributed by atoms with E-state index in [-0.39, 0.29) is 42.5 Å². The van der Waals surface area contributed by atoms with Gasteiger partial charge in [-0.3, -0.25) is 19.3 Å². The number of anilines is 2. The number of ether oxygens (including phenoxy) is 1. The fraction of sp³-hybridized carbons (Fsp3) is 0.571. The highest BCUT2D eigenvalue weighted by atomic mass is 19.1. The van der Waals surface area contributed by atoms with Crippen molar-refractivity contribution in [2.75, 3.05) is 43.1 Å². The van der Waals surface area contributed by atoms with E-state index in [2.05, 4.69) is 5.32 Å². The molecule has 3 aliphatic rings. The van der Waals surface area contributed by atoms with Crippen LogP contribution in [0.25, 0.3) is 0 Å². The maximum absolute atomic E-state index is 14.5. The number of carbonyl (C=O) groups excluding carboxylic acids is 3. The molecule has 1 saturated carbocycles. The van der Waals surface area contributed by atoms with Crippen molar-refractivity contribution < 1.29 is 23.5 Å². The Bertz CT molecular complexity index is 785. The number of nitrogens with one attached hydrogen (secondary N) is 1. The van der Waals surface area contributed by atoms with Crippen LogP contribution in [0.15, 0.2) is 18.2 Å². The zero-order chi connectivity index (χ0) is 20.4. The molecule has 3 fully saturated rings. The highest BCUT2D eigenvalue weighted by Crippen LogP contribution is 2.38. The Morgan fingerprint density at radius 3 is 2.38 bits per heavy atom. The van der Waals surface area contributed by atoms with E-state index in [9.17, 15) is 18.8 Å².